The summed E-state index contributed by atoms with van der Waals surface area (Å²) in [5.74, 6) is 2.53. The fourth-order valence-electron chi connectivity index (χ4n) is 6.03. The minimum Gasteiger partial charge on any atom is -0.477 e. The molecule has 0 unspecified atom stereocenters. The molecule has 4 bridgehead atoms. The molecule has 11 heteroatoms. The van der Waals surface area contributed by atoms with Crippen LogP contribution < -0.4 is 15.0 Å². The number of aromatic nitrogens is 7. The van der Waals surface area contributed by atoms with Crippen LogP contribution >= 0.6 is 0 Å². The van der Waals surface area contributed by atoms with Crippen LogP contribution in [0, 0.1) is 0 Å². The van der Waals surface area contributed by atoms with Crippen LogP contribution in [0.15, 0.2) is 55.0 Å². The molecule has 0 aliphatic carbocycles. The van der Waals surface area contributed by atoms with E-state index in [2.05, 4.69) is 81.2 Å². The Morgan fingerprint density at radius 2 is 1.86 bits per heavy atom. The Hall–Kier alpha value is -4.51. The number of rotatable bonds is 3. The number of nitrogens with one attached hydrogen (secondary N) is 1. The second-order valence-electron chi connectivity index (χ2n) is 11.5. The number of fused-ring (bicyclic) bond motifs is 5. The van der Waals surface area contributed by atoms with Crippen molar-refractivity contribution in [2.24, 2.45) is 7.05 Å². The van der Waals surface area contributed by atoms with E-state index in [1.54, 1.807) is 17.1 Å². The van der Waals surface area contributed by atoms with Crippen molar-refractivity contribution < 1.29 is 4.74 Å². The number of nitrogens with zero attached hydrogens (tertiary/aromatic N) is 9. The zero-order chi connectivity index (χ0) is 28.8. The van der Waals surface area contributed by atoms with Gasteiger partial charge in [0.15, 0.2) is 5.82 Å². The van der Waals surface area contributed by atoms with E-state index in [9.17, 15) is 0 Å². The maximum atomic E-state index is 6.26. The summed E-state index contributed by atoms with van der Waals surface area (Å²) in [5.41, 5.74) is 5.03. The highest BCUT2D eigenvalue weighted by atomic mass is 16.5. The van der Waals surface area contributed by atoms with Gasteiger partial charge in [0.05, 0.1) is 24.4 Å². The summed E-state index contributed by atoms with van der Waals surface area (Å²) < 4.78 is 10.1. The largest absolute Gasteiger partial charge is 0.477 e. The molecule has 2 aliphatic rings. The Labute approximate surface area is 245 Å². The molecule has 0 amide bonds. The molecule has 216 valence electrons. The molecule has 0 radical (unpaired) electrons. The molecule has 1 fully saturated rings. The first kappa shape index (κ1) is 26.4. The summed E-state index contributed by atoms with van der Waals surface area (Å²) >= 11 is 0. The number of benzene rings is 1. The first-order chi connectivity index (χ1) is 20.4. The average molecular weight is 565 g/mol. The van der Waals surface area contributed by atoms with E-state index >= 15 is 0 Å². The van der Waals surface area contributed by atoms with Gasteiger partial charge < -0.3 is 19.9 Å². The Morgan fingerprint density at radius 1 is 1.00 bits per heavy atom. The van der Waals surface area contributed by atoms with Crippen molar-refractivity contribution in [2.75, 3.05) is 44.0 Å². The van der Waals surface area contributed by atoms with Crippen LogP contribution in [0.1, 0.15) is 32.2 Å². The molecule has 42 heavy (non-hydrogen) atoms. The molecule has 2 aliphatic heterocycles. The molecule has 1 aromatic carbocycles. The number of piperidine rings is 1. The SMILES string of the molecule is C[C@H]1CCOc2c(cnn2C)-c2nccc(n2)Nc2cc3c(cn2)c(-c2cccc(N4CCC(N(C)C)CC4)c2)nn31. The maximum Gasteiger partial charge on any atom is 0.222 e. The number of hydrogen-bond donors (Lipinski definition) is 1. The Balaban J connectivity index is 1.26. The van der Waals surface area contributed by atoms with Crippen molar-refractivity contribution in [3.8, 4) is 28.5 Å². The predicted octanol–water partition coefficient (Wildman–Crippen LogP) is 4.91. The molecule has 1 atom stereocenters. The predicted molar refractivity (Wildman–Crippen MR) is 164 cm³/mol. The van der Waals surface area contributed by atoms with Gasteiger partial charge in [0.2, 0.25) is 5.88 Å². The van der Waals surface area contributed by atoms with Crippen molar-refractivity contribution in [3.63, 3.8) is 0 Å². The standard InChI is InChI=1S/C31H36N10O/c1-20-11-15-42-31-25(19-34-39(31)4)30-32-12-8-27(36-30)35-28-17-26-24(18-33-28)29(37-41(20)26)21-6-5-7-23(16-21)40-13-9-22(10-14-40)38(2)3/h5-8,12,16-20,22H,9-11,13-15H2,1-4H3,(H,32,33,35,36)/t20-/m0/s1. The molecular weight excluding hydrogens is 528 g/mol. The quantitative estimate of drug-likeness (QED) is 0.328. The van der Waals surface area contributed by atoms with Gasteiger partial charge in [0, 0.05) is 67.7 Å². The summed E-state index contributed by atoms with van der Waals surface area (Å²) in [4.78, 5) is 18.8. The molecule has 1 saturated heterocycles. The van der Waals surface area contributed by atoms with Gasteiger partial charge >= 0.3 is 0 Å². The van der Waals surface area contributed by atoms with Gasteiger partial charge in [-0.1, -0.05) is 12.1 Å². The van der Waals surface area contributed by atoms with Crippen LogP contribution in [0.5, 0.6) is 5.88 Å². The smallest absolute Gasteiger partial charge is 0.222 e. The van der Waals surface area contributed by atoms with E-state index in [0.717, 1.165) is 47.2 Å². The monoisotopic (exact) mass is 564 g/mol. The molecule has 11 nitrogen and oxygen atoms in total. The number of aryl methyl sites for hydroxylation is 1. The number of pyridine rings is 1. The lowest BCUT2D eigenvalue weighted by Gasteiger charge is -2.36. The molecular formula is C31H36N10O. The highest BCUT2D eigenvalue weighted by molar-refractivity contribution is 5.94. The van der Waals surface area contributed by atoms with Gasteiger partial charge in [-0.25, -0.2) is 19.6 Å². The normalized spacial score (nSPS) is 17.6. The highest BCUT2D eigenvalue weighted by Gasteiger charge is 2.23. The summed E-state index contributed by atoms with van der Waals surface area (Å²) in [7, 11) is 6.22. The fraction of sp³-hybridized carbons (Fsp3) is 0.387. The third-order valence-corrected chi connectivity index (χ3v) is 8.50. The zero-order valence-electron chi connectivity index (χ0n) is 24.5. The minimum absolute atomic E-state index is 0.0819. The van der Waals surface area contributed by atoms with Gasteiger partial charge in [0.1, 0.15) is 22.9 Å². The number of hydrogen-bond acceptors (Lipinski definition) is 9. The minimum atomic E-state index is 0.0819. The van der Waals surface area contributed by atoms with Crippen molar-refractivity contribution in [1.82, 2.24) is 39.4 Å². The first-order valence-corrected chi connectivity index (χ1v) is 14.6. The molecule has 5 aromatic rings. The molecule has 7 rings (SSSR count). The Kier molecular flexibility index (Phi) is 6.73. The molecule has 1 N–H and O–H groups in total. The van der Waals surface area contributed by atoms with Crippen LogP contribution in [0.3, 0.4) is 0 Å². The number of ether oxygens (including phenoxy) is 1. The first-order valence-electron chi connectivity index (χ1n) is 14.6. The van der Waals surface area contributed by atoms with Gasteiger partial charge in [0.25, 0.3) is 0 Å². The van der Waals surface area contributed by atoms with E-state index in [1.807, 2.05) is 19.3 Å². The lowest BCUT2D eigenvalue weighted by molar-refractivity contribution is 0.249. The van der Waals surface area contributed by atoms with E-state index in [0.29, 0.717) is 36.0 Å². The van der Waals surface area contributed by atoms with E-state index in [4.69, 9.17) is 19.8 Å². The van der Waals surface area contributed by atoms with Crippen LogP contribution in [0.4, 0.5) is 17.3 Å². The summed E-state index contributed by atoms with van der Waals surface area (Å²) in [6.45, 7) is 4.79. The lowest BCUT2D eigenvalue weighted by atomic mass is 10.0. The van der Waals surface area contributed by atoms with Crippen molar-refractivity contribution in [3.05, 3.63) is 55.0 Å². The summed E-state index contributed by atoms with van der Waals surface area (Å²) in [6, 6.07) is 13.4. The van der Waals surface area contributed by atoms with E-state index in [-0.39, 0.29) is 6.04 Å². The third-order valence-electron chi connectivity index (χ3n) is 8.50. The van der Waals surface area contributed by atoms with Crippen LogP contribution in [0.2, 0.25) is 0 Å². The van der Waals surface area contributed by atoms with Crippen LogP contribution in [-0.2, 0) is 7.05 Å². The van der Waals surface area contributed by atoms with Gasteiger partial charge in [-0.3, -0.25) is 4.68 Å². The molecule has 6 heterocycles. The second kappa shape index (κ2) is 10.7. The van der Waals surface area contributed by atoms with Gasteiger partial charge in [-0.05, 0) is 52.1 Å². The lowest BCUT2D eigenvalue weighted by Crippen LogP contribution is -2.41. The van der Waals surface area contributed by atoms with Crippen molar-refractivity contribution in [1.29, 1.82) is 0 Å². The summed E-state index contributed by atoms with van der Waals surface area (Å²) in [5, 5.41) is 14.0. The fourth-order valence-corrected chi connectivity index (χ4v) is 6.03. The zero-order valence-corrected chi connectivity index (χ0v) is 24.5. The van der Waals surface area contributed by atoms with Crippen molar-refractivity contribution >= 4 is 28.2 Å². The van der Waals surface area contributed by atoms with Crippen LogP contribution in [0.25, 0.3) is 33.5 Å². The highest BCUT2D eigenvalue weighted by Crippen LogP contribution is 2.35. The third kappa shape index (κ3) is 4.83. The second-order valence-corrected chi connectivity index (χ2v) is 11.5. The van der Waals surface area contributed by atoms with Gasteiger partial charge in [-0.15, -0.1) is 0 Å². The molecule has 0 spiro atoms. The summed E-state index contributed by atoms with van der Waals surface area (Å²) in [6.07, 6.45) is 8.48. The van der Waals surface area contributed by atoms with E-state index < -0.39 is 0 Å². The van der Waals surface area contributed by atoms with Gasteiger partial charge in [-0.2, -0.15) is 10.2 Å². The van der Waals surface area contributed by atoms with E-state index in [1.165, 1.54) is 18.5 Å². The maximum absolute atomic E-state index is 6.26. The van der Waals surface area contributed by atoms with Crippen molar-refractivity contribution in [2.45, 2.75) is 38.3 Å². The number of anilines is 3. The topological polar surface area (TPSA) is 102 Å². The average Bonchev–Trinajstić information content (AvgIpc) is 3.57. The molecule has 0 saturated carbocycles. The van der Waals surface area contributed by atoms with Crippen LogP contribution in [-0.4, -0.2) is 79.2 Å². The molecule has 4 aromatic heterocycles. The Bertz CT molecular complexity index is 1730. The Morgan fingerprint density at radius 3 is 2.69 bits per heavy atom.